The van der Waals surface area contributed by atoms with Crippen molar-refractivity contribution in [3.63, 3.8) is 0 Å². The van der Waals surface area contributed by atoms with Gasteiger partial charge in [-0.2, -0.15) is 0 Å². The Balaban J connectivity index is 1.02. The normalized spacial score (nSPS) is 14.0. The summed E-state index contributed by atoms with van der Waals surface area (Å²) >= 11 is 3.35. The largest absolute Gasteiger partial charge is 0.458 e. The molecule has 0 bridgehead atoms. The summed E-state index contributed by atoms with van der Waals surface area (Å²) < 4.78 is 42.0. The van der Waals surface area contributed by atoms with Crippen LogP contribution < -0.4 is 77.6 Å². The Labute approximate surface area is 396 Å². The molecule has 314 valence electrons. The van der Waals surface area contributed by atoms with Gasteiger partial charge in [0.2, 0.25) is 0 Å². The van der Waals surface area contributed by atoms with Crippen LogP contribution in [-0.2, 0) is 0 Å². The molecule has 11 heteroatoms. The third-order valence-corrected chi connectivity index (χ3v) is 15.6. The lowest BCUT2D eigenvalue weighted by atomic mass is 9.30. The van der Waals surface area contributed by atoms with Crippen LogP contribution in [0.5, 0.6) is 69.0 Å². The minimum Gasteiger partial charge on any atom is -0.458 e. The van der Waals surface area contributed by atoms with E-state index in [0.29, 0.717) is 0 Å². The Hall–Kier alpha value is -7.33. The molecule has 0 N–H and O–H groups in total. The molecular weight excluding hydrogens is 865 g/mol. The van der Waals surface area contributed by atoms with Crippen molar-refractivity contribution >= 4 is 92.8 Å². The van der Waals surface area contributed by atoms with E-state index in [1.807, 2.05) is 12.1 Å². The zero-order chi connectivity index (χ0) is 44.1. The van der Waals surface area contributed by atoms with E-state index in [4.69, 9.17) is 28.4 Å². The van der Waals surface area contributed by atoms with Crippen LogP contribution in [0.1, 0.15) is 0 Å². The molecule has 9 aromatic rings. The molecule has 6 heterocycles. The molecule has 0 unspecified atom stereocenters. The number of hydrogen-bond donors (Lipinski definition) is 0. The first-order chi connectivity index (χ1) is 33.1. The first-order valence-electron chi connectivity index (χ1n) is 22.4. The van der Waals surface area contributed by atoms with Crippen LogP contribution in [0.25, 0.3) is 22.3 Å². The molecule has 0 radical (unpaired) electrons. The molecule has 9 aromatic carbocycles. The van der Waals surface area contributed by atoms with Gasteiger partial charge < -0.3 is 28.4 Å². The molecule has 0 amide bonds. The van der Waals surface area contributed by atoms with Crippen LogP contribution in [-0.4, -0.2) is 32.6 Å². The summed E-state index contributed by atoms with van der Waals surface area (Å²) in [5, 5.41) is 0. The highest BCUT2D eigenvalue weighted by atomic mass is 32.2. The molecule has 6 aliphatic heterocycles. The van der Waals surface area contributed by atoms with Gasteiger partial charge in [-0.15, -0.1) is 23.5 Å². The van der Waals surface area contributed by atoms with Crippen LogP contribution >= 0.6 is 23.5 Å². The quantitative estimate of drug-likeness (QED) is 0.129. The molecule has 0 atom stereocenters. The highest BCUT2D eigenvalue weighted by Gasteiger charge is 2.49. The third-order valence-electron chi connectivity index (χ3n) is 14.2. The van der Waals surface area contributed by atoms with Gasteiger partial charge in [-0.25, -0.2) is 0 Å². The van der Waals surface area contributed by atoms with Crippen molar-refractivity contribution < 1.29 is 28.4 Å². The van der Waals surface area contributed by atoms with Gasteiger partial charge in [0.05, 0.1) is 0 Å². The summed E-state index contributed by atoms with van der Waals surface area (Å²) in [7, 11) is 0. The van der Waals surface area contributed by atoms with Crippen molar-refractivity contribution in [1.82, 2.24) is 0 Å². The summed E-state index contributed by atoms with van der Waals surface area (Å²) in [6, 6.07) is 57.6. The fourth-order valence-corrected chi connectivity index (χ4v) is 12.2. The Morgan fingerprint density at radius 3 is 1.07 bits per heavy atom. The summed E-state index contributed by atoms with van der Waals surface area (Å²) in [6.45, 7) is -0.566. The number of rotatable bonds is 4. The zero-order valence-corrected chi connectivity index (χ0v) is 37.7. The molecule has 0 fully saturated rings. The number of para-hydroxylation sites is 2. The van der Waals surface area contributed by atoms with Crippen LogP contribution in [0.15, 0.2) is 174 Å². The average molecular weight is 898 g/mol. The van der Waals surface area contributed by atoms with Gasteiger partial charge in [0.1, 0.15) is 69.0 Å². The second-order valence-corrected chi connectivity index (χ2v) is 19.5. The van der Waals surface area contributed by atoms with Crippen molar-refractivity contribution in [3.05, 3.63) is 164 Å². The standard InChI is InChI=1S/C56H33B3O6S2/c1-66-32-21-48-52-50(23-32)62-44-28-46-40(26-38(44)57(52)36-17-9-11-19-42(36)60-48)59-41-27-39-45(63-51-24-33(67-2)22-49-53(51)58(39)37-18-10-12-20-43(37)61-49)29-47(41)65-56-35(31-15-7-4-8-16-31)25-34(55(64-46)54(56)59)30-13-5-3-6-14-30/h3-29H,1-2H3. The maximum Gasteiger partial charge on any atom is 0.260 e. The van der Waals surface area contributed by atoms with Crippen LogP contribution in [0.2, 0.25) is 0 Å². The van der Waals surface area contributed by atoms with Gasteiger partial charge in [-0.1, -0.05) is 109 Å². The van der Waals surface area contributed by atoms with Crippen molar-refractivity contribution in [2.24, 2.45) is 0 Å². The van der Waals surface area contributed by atoms with Crippen molar-refractivity contribution in [1.29, 1.82) is 0 Å². The maximum absolute atomic E-state index is 7.35. The SMILES string of the molecule is CSc1cc2c3c(c1)Oc1cc4c(cc1B3c1ccccc1O2)B1c2cc3c(cc2Oc2c(-c5ccccc5)cc(-c5ccccc5)c(c21)O4)Oc1cc(SC)cc2c1B3c1ccccc1O2. The van der Waals surface area contributed by atoms with E-state index in [1.165, 1.54) is 0 Å². The highest BCUT2D eigenvalue weighted by Crippen LogP contribution is 2.48. The van der Waals surface area contributed by atoms with E-state index in [2.05, 4.69) is 164 Å². The summed E-state index contributed by atoms with van der Waals surface area (Å²) in [5.41, 5.74) is 13.5. The minimum atomic E-state index is -0.302. The smallest absolute Gasteiger partial charge is 0.260 e. The van der Waals surface area contributed by atoms with Gasteiger partial charge >= 0.3 is 0 Å². The number of hydrogen-bond acceptors (Lipinski definition) is 8. The predicted molar refractivity (Wildman–Crippen MR) is 274 cm³/mol. The Kier molecular flexibility index (Phi) is 7.96. The van der Waals surface area contributed by atoms with E-state index in [0.717, 1.165) is 150 Å². The van der Waals surface area contributed by atoms with E-state index in [9.17, 15) is 0 Å². The first-order valence-corrected chi connectivity index (χ1v) is 24.9. The van der Waals surface area contributed by atoms with Crippen LogP contribution in [0, 0.1) is 0 Å². The van der Waals surface area contributed by atoms with Crippen LogP contribution in [0.4, 0.5) is 0 Å². The summed E-state index contributed by atoms with van der Waals surface area (Å²) in [4.78, 5) is 2.15. The lowest BCUT2D eigenvalue weighted by Gasteiger charge is -2.39. The first kappa shape index (κ1) is 37.8. The van der Waals surface area contributed by atoms with Gasteiger partial charge in [0.25, 0.3) is 20.1 Å². The number of thioether (sulfide) groups is 2. The van der Waals surface area contributed by atoms with Crippen molar-refractivity contribution in [2.75, 3.05) is 12.5 Å². The molecule has 0 saturated heterocycles. The average Bonchev–Trinajstić information content (AvgIpc) is 3.37. The number of fused-ring (bicyclic) bond motifs is 12. The third kappa shape index (κ3) is 5.41. The van der Waals surface area contributed by atoms with E-state index in [-0.39, 0.29) is 20.1 Å². The molecule has 0 spiro atoms. The zero-order valence-electron chi connectivity index (χ0n) is 36.1. The van der Waals surface area contributed by atoms with E-state index in [1.54, 1.807) is 23.5 Å². The highest BCUT2D eigenvalue weighted by molar-refractivity contribution is 7.98. The second-order valence-electron chi connectivity index (χ2n) is 17.7. The molecule has 15 rings (SSSR count). The van der Waals surface area contributed by atoms with Gasteiger partial charge in [-0.05, 0) is 98.9 Å². The molecular formula is C56H33B3O6S2. The van der Waals surface area contributed by atoms with Crippen molar-refractivity contribution in [3.8, 4) is 91.2 Å². The molecule has 0 saturated carbocycles. The molecule has 0 aromatic heterocycles. The minimum absolute atomic E-state index is 0.132. The molecule has 67 heavy (non-hydrogen) atoms. The second kappa shape index (κ2) is 14.1. The number of benzene rings is 9. The Bertz CT molecular complexity index is 3430. The summed E-state index contributed by atoms with van der Waals surface area (Å²) in [5.74, 6) is 9.50. The van der Waals surface area contributed by atoms with Gasteiger partial charge in [0.15, 0.2) is 0 Å². The fourth-order valence-electron chi connectivity index (χ4n) is 11.3. The lowest BCUT2D eigenvalue weighted by molar-refractivity contribution is 0.448. The van der Waals surface area contributed by atoms with E-state index >= 15 is 0 Å². The van der Waals surface area contributed by atoms with Gasteiger partial charge in [-0.3, -0.25) is 0 Å². The van der Waals surface area contributed by atoms with Crippen molar-refractivity contribution in [2.45, 2.75) is 9.79 Å². The Morgan fingerprint density at radius 2 is 0.657 bits per heavy atom. The lowest BCUT2D eigenvalue weighted by Crippen LogP contribution is -2.63. The molecule has 6 aliphatic rings. The Morgan fingerprint density at radius 1 is 0.299 bits per heavy atom. The topological polar surface area (TPSA) is 55.4 Å². The summed E-state index contributed by atoms with van der Waals surface area (Å²) in [6.07, 6.45) is 4.16. The monoisotopic (exact) mass is 898 g/mol. The van der Waals surface area contributed by atoms with E-state index < -0.39 is 0 Å². The molecule has 6 nitrogen and oxygen atoms in total. The number of ether oxygens (including phenoxy) is 6. The molecule has 0 aliphatic carbocycles. The van der Waals surface area contributed by atoms with Gasteiger partial charge in [0, 0.05) is 49.4 Å². The maximum atomic E-state index is 7.35. The fraction of sp³-hybridized carbons (Fsp3) is 0.0357. The van der Waals surface area contributed by atoms with Crippen LogP contribution in [0.3, 0.4) is 0 Å². The predicted octanol–water partition coefficient (Wildman–Crippen LogP) is 8.65.